The molecule has 0 aromatic carbocycles. The second-order valence-electron chi connectivity index (χ2n) is 13.7. The molecule has 0 aliphatic heterocycles. The van der Waals surface area contributed by atoms with Crippen LogP contribution in [0.25, 0.3) is 0 Å². The molecule has 0 saturated heterocycles. The zero-order valence-electron chi connectivity index (χ0n) is 33.2. The van der Waals surface area contributed by atoms with Crippen LogP contribution < -0.4 is 0 Å². The van der Waals surface area contributed by atoms with Crippen LogP contribution in [-0.2, 0) is 32.7 Å². The summed E-state index contributed by atoms with van der Waals surface area (Å²) < 4.78 is 32.6. The molecule has 0 aromatic rings. The van der Waals surface area contributed by atoms with Crippen LogP contribution in [0.15, 0.2) is 48.6 Å². The fraction of sp³-hybridized carbons (Fsp3) is 0.762. The number of rotatable bonds is 38. The largest absolute Gasteiger partial charge is 0.472 e. The van der Waals surface area contributed by atoms with Crippen molar-refractivity contribution >= 4 is 19.8 Å². The van der Waals surface area contributed by atoms with E-state index in [2.05, 4.69) is 67.0 Å². The summed E-state index contributed by atoms with van der Waals surface area (Å²) in [6, 6.07) is 0. The Morgan fingerprint density at radius 3 is 1.55 bits per heavy atom. The first-order valence-corrected chi connectivity index (χ1v) is 22.1. The van der Waals surface area contributed by atoms with Crippen molar-refractivity contribution in [3.05, 3.63) is 48.6 Å². The number of hydrogen-bond acceptors (Lipinski definition) is 9. The summed E-state index contributed by atoms with van der Waals surface area (Å²) in [7, 11) is -4.62. The normalized spacial score (nSPS) is 14.4. The summed E-state index contributed by atoms with van der Waals surface area (Å²) in [5.41, 5.74) is 0. The van der Waals surface area contributed by atoms with E-state index in [1.807, 2.05) is 0 Å². The van der Waals surface area contributed by atoms with E-state index in [-0.39, 0.29) is 19.4 Å². The predicted octanol–water partition coefficient (Wildman–Crippen LogP) is 10.6. The van der Waals surface area contributed by atoms with Gasteiger partial charge in [0.05, 0.1) is 19.8 Å². The summed E-state index contributed by atoms with van der Waals surface area (Å²) in [4.78, 5) is 34.9. The summed E-state index contributed by atoms with van der Waals surface area (Å²) >= 11 is 0. The lowest BCUT2D eigenvalue weighted by atomic mass is 10.1. The van der Waals surface area contributed by atoms with Gasteiger partial charge in [-0.25, -0.2) is 4.57 Å². The lowest BCUT2D eigenvalue weighted by Gasteiger charge is -2.20. The summed E-state index contributed by atoms with van der Waals surface area (Å²) in [5.74, 6) is -0.972. The number of unbranched alkanes of at least 4 members (excludes halogenated alkanes) is 16. The van der Waals surface area contributed by atoms with E-state index in [1.54, 1.807) is 0 Å². The maximum absolute atomic E-state index is 12.6. The average molecular weight is 771 g/mol. The highest BCUT2D eigenvalue weighted by molar-refractivity contribution is 7.47. The Hall–Kier alpha value is -2.07. The molecular formula is C42H75O10P. The molecule has 3 N–H and O–H groups in total. The highest BCUT2D eigenvalue weighted by Crippen LogP contribution is 2.43. The number of carbonyl (C=O) groups is 2. The third-order valence-electron chi connectivity index (χ3n) is 8.46. The topological polar surface area (TPSA) is 149 Å². The van der Waals surface area contributed by atoms with E-state index in [0.717, 1.165) is 64.2 Å². The molecule has 308 valence electrons. The molecular weight excluding hydrogens is 695 g/mol. The van der Waals surface area contributed by atoms with Crippen molar-refractivity contribution in [3.63, 3.8) is 0 Å². The molecule has 10 nitrogen and oxygen atoms in total. The zero-order chi connectivity index (χ0) is 39.1. The van der Waals surface area contributed by atoms with Gasteiger partial charge in [-0.1, -0.05) is 127 Å². The van der Waals surface area contributed by atoms with Crippen molar-refractivity contribution in [2.24, 2.45) is 0 Å². The Balaban J connectivity index is 4.41. The Morgan fingerprint density at radius 1 is 0.566 bits per heavy atom. The van der Waals surface area contributed by atoms with Crippen LogP contribution in [-0.4, -0.2) is 65.7 Å². The van der Waals surface area contributed by atoms with Crippen LogP contribution in [0.5, 0.6) is 0 Å². The van der Waals surface area contributed by atoms with Gasteiger partial charge in [0.1, 0.15) is 12.7 Å². The van der Waals surface area contributed by atoms with Gasteiger partial charge in [0.25, 0.3) is 0 Å². The summed E-state index contributed by atoms with van der Waals surface area (Å²) in [6.07, 6.45) is 39.3. The van der Waals surface area contributed by atoms with E-state index in [0.29, 0.717) is 12.8 Å². The molecule has 3 atom stereocenters. The van der Waals surface area contributed by atoms with Gasteiger partial charge in [-0.05, 0) is 77.0 Å². The molecule has 0 aromatic heterocycles. The molecule has 0 aliphatic rings. The molecule has 0 bridgehead atoms. The number of allylic oxidation sites excluding steroid dienone is 8. The van der Waals surface area contributed by atoms with E-state index >= 15 is 0 Å². The van der Waals surface area contributed by atoms with Crippen molar-refractivity contribution in [1.82, 2.24) is 0 Å². The number of carbonyl (C=O) groups excluding carboxylic acids is 2. The SMILES string of the molecule is CCCCC/C=C/C/C=C/C/C=C/CCCCCCC(=O)O[C@H](COC(=O)CCCCC/C=C/CCCCCCCC)COP(=O)(O)OC[C@@H](O)CO. The van der Waals surface area contributed by atoms with E-state index in [9.17, 15) is 24.2 Å². The standard InChI is InChI=1S/C42H75O10P/c1-3-5-7-9-11-13-15-17-18-19-20-22-24-26-28-30-32-34-42(46)52-40(38-51-53(47,48)50-36-39(44)35-43)37-49-41(45)33-31-29-27-25-23-21-16-14-12-10-8-6-4-2/h11,13,17-18,20-23,39-40,43-44H,3-10,12,14-16,19,24-38H2,1-2H3,(H,47,48)/b13-11+,18-17+,22-20+,23-21+/t39-,40+/m0/s1. The summed E-state index contributed by atoms with van der Waals surface area (Å²) in [5, 5.41) is 18.3. The Morgan fingerprint density at radius 2 is 0.981 bits per heavy atom. The number of phosphoric acid groups is 1. The summed E-state index contributed by atoms with van der Waals surface area (Å²) in [6.45, 7) is 2.29. The highest BCUT2D eigenvalue weighted by Gasteiger charge is 2.27. The minimum Gasteiger partial charge on any atom is -0.462 e. The Labute approximate surface area is 322 Å². The molecule has 0 fully saturated rings. The molecule has 0 aliphatic carbocycles. The van der Waals surface area contributed by atoms with Crippen LogP contribution in [0.3, 0.4) is 0 Å². The Bertz CT molecular complexity index is 1030. The van der Waals surface area contributed by atoms with Crippen molar-refractivity contribution in [1.29, 1.82) is 0 Å². The molecule has 0 rings (SSSR count). The molecule has 0 spiro atoms. The van der Waals surface area contributed by atoms with Crippen molar-refractivity contribution in [2.75, 3.05) is 26.4 Å². The third kappa shape index (κ3) is 38.0. The van der Waals surface area contributed by atoms with Gasteiger partial charge in [-0.3, -0.25) is 18.6 Å². The molecule has 0 saturated carbocycles. The fourth-order valence-corrected chi connectivity index (χ4v) is 6.02. The number of hydrogen-bond donors (Lipinski definition) is 3. The van der Waals surface area contributed by atoms with E-state index in [4.69, 9.17) is 19.1 Å². The van der Waals surface area contributed by atoms with Gasteiger partial charge in [0.2, 0.25) is 0 Å². The van der Waals surface area contributed by atoms with Gasteiger partial charge in [0, 0.05) is 12.8 Å². The van der Waals surface area contributed by atoms with Crippen LogP contribution in [0.1, 0.15) is 168 Å². The van der Waals surface area contributed by atoms with E-state index < -0.39 is 51.8 Å². The number of aliphatic hydroxyl groups excluding tert-OH is 2. The minimum atomic E-state index is -4.62. The average Bonchev–Trinajstić information content (AvgIpc) is 3.14. The van der Waals surface area contributed by atoms with Crippen molar-refractivity contribution in [3.8, 4) is 0 Å². The predicted molar refractivity (Wildman–Crippen MR) is 214 cm³/mol. The Kier molecular flexibility index (Phi) is 36.7. The maximum Gasteiger partial charge on any atom is 0.472 e. The van der Waals surface area contributed by atoms with Crippen molar-refractivity contribution < 1.29 is 47.8 Å². The van der Waals surface area contributed by atoms with Gasteiger partial charge in [-0.15, -0.1) is 0 Å². The number of aliphatic hydroxyl groups is 2. The zero-order valence-corrected chi connectivity index (χ0v) is 34.1. The molecule has 0 amide bonds. The molecule has 11 heteroatoms. The smallest absolute Gasteiger partial charge is 0.462 e. The van der Waals surface area contributed by atoms with Crippen LogP contribution >= 0.6 is 7.82 Å². The number of esters is 2. The number of phosphoric ester groups is 1. The fourth-order valence-electron chi connectivity index (χ4n) is 5.23. The van der Waals surface area contributed by atoms with Crippen LogP contribution in [0, 0.1) is 0 Å². The second kappa shape index (κ2) is 38.2. The molecule has 1 unspecified atom stereocenters. The van der Waals surface area contributed by atoms with Gasteiger partial charge < -0.3 is 24.6 Å². The molecule has 0 heterocycles. The molecule has 53 heavy (non-hydrogen) atoms. The highest BCUT2D eigenvalue weighted by atomic mass is 31.2. The van der Waals surface area contributed by atoms with Crippen LogP contribution in [0.4, 0.5) is 0 Å². The van der Waals surface area contributed by atoms with Crippen molar-refractivity contribution in [2.45, 2.75) is 180 Å². The first-order chi connectivity index (χ1) is 25.7. The van der Waals surface area contributed by atoms with Gasteiger partial charge >= 0.3 is 19.8 Å². The molecule has 0 radical (unpaired) electrons. The van der Waals surface area contributed by atoms with Gasteiger partial charge in [0.15, 0.2) is 6.10 Å². The van der Waals surface area contributed by atoms with E-state index in [1.165, 1.54) is 64.2 Å². The first kappa shape index (κ1) is 50.9. The van der Waals surface area contributed by atoms with Crippen LogP contribution in [0.2, 0.25) is 0 Å². The van der Waals surface area contributed by atoms with Gasteiger partial charge in [-0.2, -0.15) is 0 Å². The third-order valence-corrected chi connectivity index (χ3v) is 9.41. The number of ether oxygens (including phenoxy) is 2. The second-order valence-corrected chi connectivity index (χ2v) is 15.1. The minimum absolute atomic E-state index is 0.154. The first-order valence-electron chi connectivity index (χ1n) is 20.6. The maximum atomic E-state index is 12.6. The monoisotopic (exact) mass is 771 g/mol. The lowest BCUT2D eigenvalue weighted by Crippen LogP contribution is -2.29. The lowest BCUT2D eigenvalue weighted by molar-refractivity contribution is -0.161. The quantitative estimate of drug-likeness (QED) is 0.0240.